The van der Waals surface area contributed by atoms with Gasteiger partial charge >= 0.3 is 6.09 Å². The molecule has 3 heterocycles. The van der Waals surface area contributed by atoms with Gasteiger partial charge in [-0.2, -0.15) is 0 Å². The standard InChI is InChI=1S/C28H27ClN6O4/c1-39-28(38)31-18-11-12-19-22(15-18)32-23(36)8-4-2-3-7-20(26-34-24(19)25(29)35-26)33-27(37)17-10-9-16-6-5-13-30-21(16)14-17/h2-3,5-6,9-15,20,24-25H,4,7-8H2,1H3,(H,31,38)(H,32,36)(H,33,37)(H,34,35)/b3-2+/t20-,24?,25?/m0/s1. The van der Waals surface area contributed by atoms with Crippen molar-refractivity contribution in [1.29, 1.82) is 0 Å². The molecule has 200 valence electrons. The Morgan fingerprint density at radius 3 is 2.85 bits per heavy atom. The summed E-state index contributed by atoms with van der Waals surface area (Å²) in [5, 5.41) is 12.7. The second kappa shape index (κ2) is 11.5. The van der Waals surface area contributed by atoms with Gasteiger partial charge < -0.3 is 20.7 Å². The molecule has 0 spiro atoms. The Morgan fingerprint density at radius 1 is 1.13 bits per heavy atom. The SMILES string of the molecule is COC(=O)Nc1ccc2c(c1)NC(=O)CC/C=C/C[C@H](NC(=O)c1ccc3cccnc3c1)C1=NC2C(Cl)N1. The molecule has 10 nitrogen and oxygen atoms in total. The lowest BCUT2D eigenvalue weighted by Crippen LogP contribution is -2.46. The van der Waals surface area contributed by atoms with E-state index in [2.05, 4.69) is 31.0 Å². The molecule has 2 aromatic carbocycles. The first-order chi connectivity index (χ1) is 18.9. The molecule has 0 radical (unpaired) electrons. The number of hydrogen-bond donors (Lipinski definition) is 4. The zero-order chi connectivity index (χ0) is 27.4. The van der Waals surface area contributed by atoms with Crippen molar-refractivity contribution < 1.29 is 19.1 Å². The summed E-state index contributed by atoms with van der Waals surface area (Å²) in [6, 6.07) is 13.2. The van der Waals surface area contributed by atoms with Gasteiger partial charge in [-0.25, -0.2) is 4.79 Å². The molecule has 2 aliphatic heterocycles. The van der Waals surface area contributed by atoms with Crippen LogP contribution in [0.3, 0.4) is 0 Å². The normalized spacial score (nSPS) is 21.5. The molecule has 11 heteroatoms. The van der Waals surface area contributed by atoms with Gasteiger partial charge in [0.1, 0.15) is 17.4 Å². The zero-order valence-corrected chi connectivity index (χ0v) is 21.9. The highest BCUT2D eigenvalue weighted by atomic mass is 35.5. The van der Waals surface area contributed by atoms with Gasteiger partial charge in [-0.05, 0) is 43.2 Å². The van der Waals surface area contributed by atoms with Gasteiger partial charge in [0.15, 0.2) is 0 Å². The number of allylic oxidation sites excluding steroid dienone is 1. The number of carbonyl (C=O) groups excluding carboxylic acids is 3. The molecule has 2 unspecified atom stereocenters. The van der Waals surface area contributed by atoms with Gasteiger partial charge in [0.2, 0.25) is 5.91 Å². The lowest BCUT2D eigenvalue weighted by molar-refractivity contribution is -0.116. The van der Waals surface area contributed by atoms with Crippen LogP contribution in [0.4, 0.5) is 16.2 Å². The minimum absolute atomic E-state index is 0.189. The fraction of sp³-hybridized carbons (Fsp3) is 0.250. The Hall–Kier alpha value is -4.44. The number of pyridine rings is 1. The highest BCUT2D eigenvalue weighted by Crippen LogP contribution is 2.35. The number of alkyl halides is 1. The molecular weight excluding hydrogens is 520 g/mol. The third-order valence-electron chi connectivity index (χ3n) is 6.50. The molecular formula is C28H27ClN6O4. The number of rotatable bonds is 3. The monoisotopic (exact) mass is 546 g/mol. The fourth-order valence-electron chi connectivity index (χ4n) is 4.53. The number of fused-ring (bicyclic) bond motifs is 4. The van der Waals surface area contributed by atoms with E-state index in [0.29, 0.717) is 41.2 Å². The van der Waals surface area contributed by atoms with Crippen LogP contribution in [0.25, 0.3) is 10.9 Å². The van der Waals surface area contributed by atoms with Crippen LogP contribution in [-0.2, 0) is 9.53 Å². The average molecular weight is 547 g/mol. The van der Waals surface area contributed by atoms with E-state index in [1.54, 1.807) is 36.5 Å². The number of carbonyl (C=O) groups is 3. The van der Waals surface area contributed by atoms with E-state index in [9.17, 15) is 14.4 Å². The van der Waals surface area contributed by atoms with E-state index in [-0.39, 0.29) is 18.2 Å². The first kappa shape index (κ1) is 26.2. The van der Waals surface area contributed by atoms with Crippen LogP contribution in [0.5, 0.6) is 0 Å². The predicted octanol–water partition coefficient (Wildman–Crippen LogP) is 4.50. The summed E-state index contributed by atoms with van der Waals surface area (Å²) >= 11 is 6.71. The molecule has 4 N–H and O–H groups in total. The molecule has 5 rings (SSSR count). The van der Waals surface area contributed by atoms with Crippen molar-refractivity contribution in [2.75, 3.05) is 17.7 Å². The van der Waals surface area contributed by atoms with Crippen molar-refractivity contribution in [3.63, 3.8) is 0 Å². The Balaban J connectivity index is 1.46. The van der Waals surface area contributed by atoms with Crippen LogP contribution in [0.1, 0.15) is 41.2 Å². The van der Waals surface area contributed by atoms with Crippen molar-refractivity contribution >= 4 is 57.6 Å². The van der Waals surface area contributed by atoms with Crippen LogP contribution >= 0.6 is 11.6 Å². The van der Waals surface area contributed by atoms with Crippen molar-refractivity contribution in [3.8, 4) is 0 Å². The summed E-state index contributed by atoms with van der Waals surface area (Å²) in [6.07, 6.45) is 6.11. The summed E-state index contributed by atoms with van der Waals surface area (Å²) in [5.74, 6) is 0.0803. The number of halogens is 1. The van der Waals surface area contributed by atoms with Gasteiger partial charge in [0.25, 0.3) is 5.91 Å². The molecule has 0 saturated heterocycles. The second-order valence-corrected chi connectivity index (χ2v) is 9.62. The molecule has 0 aliphatic carbocycles. The highest BCUT2D eigenvalue weighted by Gasteiger charge is 2.34. The number of nitrogens with zero attached hydrogens (tertiary/aromatic N) is 2. The summed E-state index contributed by atoms with van der Waals surface area (Å²) in [5.41, 5.74) is 2.17. The fourth-order valence-corrected chi connectivity index (χ4v) is 4.83. The molecule has 3 atom stereocenters. The number of methoxy groups -OCH3 is 1. The van der Waals surface area contributed by atoms with Crippen molar-refractivity contribution in [2.24, 2.45) is 4.99 Å². The van der Waals surface area contributed by atoms with Gasteiger partial charge in [-0.1, -0.05) is 42.0 Å². The lowest BCUT2D eigenvalue weighted by Gasteiger charge is -2.19. The third kappa shape index (κ3) is 6.01. The number of nitrogens with one attached hydrogen (secondary N) is 4. The number of aromatic nitrogens is 1. The Kier molecular flexibility index (Phi) is 7.74. The van der Waals surface area contributed by atoms with E-state index in [0.717, 1.165) is 10.9 Å². The summed E-state index contributed by atoms with van der Waals surface area (Å²) in [7, 11) is 1.27. The van der Waals surface area contributed by atoms with E-state index >= 15 is 0 Å². The maximum atomic E-state index is 13.3. The number of hydrogen-bond acceptors (Lipinski definition) is 7. The molecule has 1 aromatic heterocycles. The summed E-state index contributed by atoms with van der Waals surface area (Å²) in [4.78, 5) is 46.8. The second-order valence-electron chi connectivity index (χ2n) is 9.15. The maximum absolute atomic E-state index is 13.3. The van der Waals surface area contributed by atoms with Crippen molar-refractivity contribution in [2.45, 2.75) is 36.8 Å². The number of ether oxygens (including phenoxy) is 1. The maximum Gasteiger partial charge on any atom is 0.411 e. The first-order valence-corrected chi connectivity index (χ1v) is 12.9. The van der Waals surface area contributed by atoms with Crippen LogP contribution in [0.2, 0.25) is 0 Å². The minimum atomic E-state index is -0.633. The molecule has 39 heavy (non-hydrogen) atoms. The van der Waals surface area contributed by atoms with Crippen molar-refractivity contribution in [1.82, 2.24) is 15.6 Å². The predicted molar refractivity (Wildman–Crippen MR) is 150 cm³/mol. The largest absolute Gasteiger partial charge is 0.453 e. The number of anilines is 2. The topological polar surface area (TPSA) is 134 Å². The van der Waals surface area contributed by atoms with E-state index in [1.165, 1.54) is 7.11 Å². The Labute approximate surface area is 229 Å². The smallest absolute Gasteiger partial charge is 0.411 e. The summed E-state index contributed by atoms with van der Waals surface area (Å²) < 4.78 is 4.67. The van der Waals surface area contributed by atoms with Gasteiger partial charge in [-0.3, -0.25) is 24.9 Å². The van der Waals surface area contributed by atoms with Crippen LogP contribution in [0.15, 0.2) is 71.9 Å². The number of amidine groups is 1. The lowest BCUT2D eigenvalue weighted by atomic mass is 10.0. The molecule has 3 aromatic rings. The van der Waals surface area contributed by atoms with E-state index in [4.69, 9.17) is 16.6 Å². The molecule has 3 amide bonds. The highest BCUT2D eigenvalue weighted by molar-refractivity contribution is 6.23. The van der Waals surface area contributed by atoms with Crippen LogP contribution < -0.4 is 21.3 Å². The number of benzene rings is 2. The number of aliphatic imine (C=N–C) groups is 1. The molecule has 2 aliphatic rings. The molecule has 2 bridgehead atoms. The third-order valence-corrected chi connectivity index (χ3v) is 6.85. The summed E-state index contributed by atoms with van der Waals surface area (Å²) in [6.45, 7) is 0. The molecule has 0 fully saturated rings. The van der Waals surface area contributed by atoms with E-state index < -0.39 is 23.7 Å². The minimum Gasteiger partial charge on any atom is -0.453 e. The zero-order valence-electron chi connectivity index (χ0n) is 21.1. The van der Waals surface area contributed by atoms with E-state index in [1.807, 2.05) is 30.4 Å². The first-order valence-electron chi connectivity index (χ1n) is 12.5. The Morgan fingerprint density at radius 2 is 2.00 bits per heavy atom. The quantitative estimate of drug-likeness (QED) is 0.217. The van der Waals surface area contributed by atoms with Gasteiger partial charge in [0, 0.05) is 40.5 Å². The molecule has 0 saturated carbocycles. The van der Waals surface area contributed by atoms with Gasteiger partial charge in [0.05, 0.1) is 18.7 Å². The van der Waals surface area contributed by atoms with Gasteiger partial charge in [-0.15, -0.1) is 0 Å². The Bertz CT molecular complexity index is 1490. The van der Waals surface area contributed by atoms with Crippen molar-refractivity contribution in [3.05, 3.63) is 78.0 Å². The average Bonchev–Trinajstić information content (AvgIpc) is 3.32. The van der Waals surface area contributed by atoms with Crippen LogP contribution in [-0.4, -0.2) is 47.4 Å². The van der Waals surface area contributed by atoms with Crippen LogP contribution in [0, 0.1) is 0 Å². The number of amides is 3.